The highest BCUT2D eigenvalue weighted by atomic mass is 32.1. The van der Waals surface area contributed by atoms with E-state index in [0.717, 1.165) is 22.6 Å². The second-order valence-electron chi connectivity index (χ2n) is 6.25. The first kappa shape index (κ1) is 17.4. The van der Waals surface area contributed by atoms with E-state index in [9.17, 15) is 4.79 Å². The first-order valence-electron chi connectivity index (χ1n) is 8.77. The molecule has 7 heteroatoms. The number of nitrogens with zero attached hydrogens (tertiary/aromatic N) is 4. The molecular formula is C20H19N5OS. The van der Waals surface area contributed by atoms with Gasteiger partial charge in [0.25, 0.3) is 11.7 Å². The number of benzene rings is 1. The number of hydrogen-bond donors (Lipinski definition) is 1. The Balaban J connectivity index is 1.66. The van der Waals surface area contributed by atoms with Crippen molar-refractivity contribution in [2.24, 2.45) is 0 Å². The molecule has 1 aromatic carbocycles. The molecule has 4 rings (SSSR count). The van der Waals surface area contributed by atoms with Crippen LogP contribution in [0.2, 0.25) is 0 Å². The summed E-state index contributed by atoms with van der Waals surface area (Å²) in [6.45, 7) is 4.02. The smallest absolute Gasteiger partial charge is 0.291 e. The van der Waals surface area contributed by atoms with Crippen molar-refractivity contribution in [2.45, 2.75) is 26.3 Å². The second-order valence-corrected chi connectivity index (χ2v) is 7.23. The molecule has 3 aromatic heterocycles. The fourth-order valence-electron chi connectivity index (χ4n) is 2.92. The molecule has 0 aliphatic heterocycles. The number of aromatic nitrogens is 4. The van der Waals surface area contributed by atoms with Gasteiger partial charge in [0.2, 0.25) is 5.82 Å². The molecule has 0 saturated heterocycles. The van der Waals surface area contributed by atoms with Crippen LogP contribution in [0.3, 0.4) is 0 Å². The summed E-state index contributed by atoms with van der Waals surface area (Å²) in [7, 11) is 0. The molecule has 0 fully saturated rings. The predicted octanol–water partition coefficient (Wildman–Crippen LogP) is 3.58. The number of rotatable bonds is 5. The van der Waals surface area contributed by atoms with Gasteiger partial charge in [-0.1, -0.05) is 37.3 Å². The fraction of sp³-hybridized carbons (Fsp3) is 0.200. The largest absolute Gasteiger partial charge is 0.338 e. The molecule has 0 radical (unpaired) electrons. The Bertz CT molecular complexity index is 1070. The van der Waals surface area contributed by atoms with Crippen molar-refractivity contribution >= 4 is 23.0 Å². The Labute approximate surface area is 160 Å². The van der Waals surface area contributed by atoms with Gasteiger partial charge in [-0.15, -0.1) is 16.4 Å². The third-order valence-corrected chi connectivity index (χ3v) is 5.39. The van der Waals surface area contributed by atoms with E-state index in [-0.39, 0.29) is 17.8 Å². The normalized spacial score (nSPS) is 12.2. The SMILES string of the molecule is CCc1ccc(C(NC(=O)c2nc3nccc(C)n3n2)c2cccs2)cc1. The maximum Gasteiger partial charge on any atom is 0.291 e. The zero-order chi connectivity index (χ0) is 18.8. The first-order chi connectivity index (χ1) is 13.2. The second kappa shape index (κ2) is 7.28. The number of thiophene rings is 1. The molecule has 3 heterocycles. The number of hydrogen-bond acceptors (Lipinski definition) is 5. The summed E-state index contributed by atoms with van der Waals surface area (Å²) in [6.07, 6.45) is 2.64. The molecule has 0 spiro atoms. The minimum Gasteiger partial charge on any atom is -0.338 e. The van der Waals surface area contributed by atoms with Gasteiger partial charge in [-0.2, -0.15) is 4.98 Å². The van der Waals surface area contributed by atoms with Crippen molar-refractivity contribution in [3.63, 3.8) is 0 Å². The minimum absolute atomic E-state index is 0.114. The van der Waals surface area contributed by atoms with Gasteiger partial charge in [-0.25, -0.2) is 9.50 Å². The van der Waals surface area contributed by atoms with E-state index in [0.29, 0.717) is 5.78 Å². The number of fused-ring (bicyclic) bond motifs is 1. The zero-order valence-corrected chi connectivity index (χ0v) is 15.9. The van der Waals surface area contributed by atoms with Crippen molar-refractivity contribution in [3.05, 3.63) is 81.6 Å². The number of carbonyl (C=O) groups excluding carboxylic acids is 1. The zero-order valence-electron chi connectivity index (χ0n) is 15.1. The van der Waals surface area contributed by atoms with Gasteiger partial charge in [0.1, 0.15) is 0 Å². The summed E-state index contributed by atoms with van der Waals surface area (Å²) in [5.74, 6) is 0.210. The van der Waals surface area contributed by atoms with Crippen molar-refractivity contribution in [1.29, 1.82) is 0 Å². The van der Waals surface area contributed by atoms with Crippen molar-refractivity contribution in [1.82, 2.24) is 24.9 Å². The Kier molecular flexibility index (Phi) is 4.68. The predicted molar refractivity (Wildman–Crippen MR) is 105 cm³/mol. The van der Waals surface area contributed by atoms with Crippen LogP contribution in [0.15, 0.2) is 54.0 Å². The first-order valence-corrected chi connectivity index (χ1v) is 9.65. The van der Waals surface area contributed by atoms with Crippen molar-refractivity contribution < 1.29 is 4.79 Å². The van der Waals surface area contributed by atoms with Crippen LogP contribution in [0, 0.1) is 6.92 Å². The quantitative estimate of drug-likeness (QED) is 0.577. The average Bonchev–Trinajstić information content (AvgIpc) is 3.36. The fourth-order valence-corrected chi connectivity index (χ4v) is 3.72. The molecule has 0 bridgehead atoms. The van der Waals surface area contributed by atoms with Crippen LogP contribution in [-0.4, -0.2) is 25.5 Å². The molecule has 6 nitrogen and oxygen atoms in total. The van der Waals surface area contributed by atoms with Crippen LogP contribution in [0.25, 0.3) is 5.78 Å². The molecule has 136 valence electrons. The summed E-state index contributed by atoms with van der Waals surface area (Å²) in [6, 6.07) is 13.9. The van der Waals surface area contributed by atoms with Crippen molar-refractivity contribution in [3.8, 4) is 0 Å². The average molecular weight is 377 g/mol. The van der Waals surface area contributed by atoms with Crippen LogP contribution in [0.5, 0.6) is 0 Å². The summed E-state index contributed by atoms with van der Waals surface area (Å²) < 4.78 is 1.57. The highest BCUT2D eigenvalue weighted by Gasteiger charge is 2.22. The number of nitrogens with one attached hydrogen (secondary N) is 1. The Hall–Kier alpha value is -3.06. The summed E-state index contributed by atoms with van der Waals surface area (Å²) in [5, 5.41) is 9.38. The van der Waals surface area contributed by atoms with E-state index < -0.39 is 0 Å². The van der Waals surface area contributed by atoms with Crippen LogP contribution in [0.1, 0.15) is 45.3 Å². The van der Waals surface area contributed by atoms with E-state index in [2.05, 4.69) is 51.6 Å². The van der Waals surface area contributed by atoms with Gasteiger partial charge in [-0.05, 0) is 42.0 Å². The van der Waals surface area contributed by atoms with E-state index >= 15 is 0 Å². The third-order valence-electron chi connectivity index (χ3n) is 4.46. The maximum atomic E-state index is 12.9. The molecule has 0 aliphatic rings. The van der Waals surface area contributed by atoms with Gasteiger partial charge in [-0.3, -0.25) is 4.79 Å². The van der Waals surface area contributed by atoms with E-state index in [1.165, 1.54) is 5.56 Å². The van der Waals surface area contributed by atoms with Gasteiger partial charge in [0.15, 0.2) is 0 Å². The van der Waals surface area contributed by atoms with E-state index in [1.807, 2.05) is 30.5 Å². The van der Waals surface area contributed by atoms with Gasteiger partial charge < -0.3 is 5.32 Å². The summed E-state index contributed by atoms with van der Waals surface area (Å²) >= 11 is 1.61. The molecule has 4 aromatic rings. The van der Waals surface area contributed by atoms with Crippen molar-refractivity contribution in [2.75, 3.05) is 0 Å². The van der Waals surface area contributed by atoms with Crippen LogP contribution in [-0.2, 0) is 6.42 Å². The van der Waals surface area contributed by atoms with E-state index in [4.69, 9.17) is 0 Å². The molecule has 1 N–H and O–H groups in total. The lowest BCUT2D eigenvalue weighted by atomic mass is 10.0. The Morgan fingerprint density at radius 1 is 1.22 bits per heavy atom. The lowest BCUT2D eigenvalue weighted by Crippen LogP contribution is -2.29. The Morgan fingerprint density at radius 2 is 2.04 bits per heavy atom. The molecule has 1 atom stereocenters. The number of carbonyl (C=O) groups is 1. The lowest BCUT2D eigenvalue weighted by molar-refractivity contribution is 0.0933. The minimum atomic E-state index is -0.321. The maximum absolute atomic E-state index is 12.9. The summed E-state index contributed by atoms with van der Waals surface area (Å²) in [5.41, 5.74) is 3.16. The molecule has 0 aliphatic carbocycles. The monoisotopic (exact) mass is 377 g/mol. The molecule has 0 saturated carbocycles. The molecule has 27 heavy (non-hydrogen) atoms. The van der Waals surface area contributed by atoms with Crippen LogP contribution in [0.4, 0.5) is 0 Å². The third kappa shape index (κ3) is 3.46. The van der Waals surface area contributed by atoms with Gasteiger partial charge >= 0.3 is 0 Å². The molecule has 1 amide bonds. The van der Waals surface area contributed by atoms with Gasteiger partial charge in [0.05, 0.1) is 6.04 Å². The topological polar surface area (TPSA) is 72.2 Å². The van der Waals surface area contributed by atoms with Crippen LogP contribution >= 0.6 is 11.3 Å². The lowest BCUT2D eigenvalue weighted by Gasteiger charge is -2.17. The highest BCUT2D eigenvalue weighted by molar-refractivity contribution is 7.10. The highest BCUT2D eigenvalue weighted by Crippen LogP contribution is 2.26. The standard InChI is InChI=1S/C20H19N5OS/c1-3-14-6-8-15(9-7-14)17(16-5-4-12-27-16)22-19(26)18-23-20-21-11-10-13(2)25(20)24-18/h4-12,17H,3H2,1-2H3,(H,22,26). The van der Waals surface area contributed by atoms with Gasteiger partial charge in [0, 0.05) is 16.8 Å². The number of aryl methyl sites for hydroxylation is 2. The summed E-state index contributed by atoms with van der Waals surface area (Å²) in [4.78, 5) is 22.3. The van der Waals surface area contributed by atoms with Crippen LogP contribution < -0.4 is 5.32 Å². The number of amides is 1. The Morgan fingerprint density at radius 3 is 2.70 bits per heavy atom. The molecular weight excluding hydrogens is 358 g/mol. The molecule has 1 unspecified atom stereocenters. The van der Waals surface area contributed by atoms with E-state index in [1.54, 1.807) is 22.0 Å².